The molecule has 3 heterocycles. The Hall–Kier alpha value is -2.24. The molecule has 0 aromatic carbocycles. The van der Waals surface area contributed by atoms with Crippen LogP contribution in [0.1, 0.15) is 24.6 Å². The number of rotatable bonds is 4. The third-order valence-electron chi connectivity index (χ3n) is 4.24. The van der Waals surface area contributed by atoms with Crippen LogP contribution in [0.4, 0.5) is 11.8 Å². The zero-order chi connectivity index (χ0) is 15.5. The van der Waals surface area contributed by atoms with Gasteiger partial charge in [-0.05, 0) is 25.3 Å². The normalized spacial score (nSPS) is 17.8. The molecule has 3 rings (SSSR count). The van der Waals surface area contributed by atoms with Crippen molar-refractivity contribution in [2.45, 2.75) is 32.7 Å². The monoisotopic (exact) mass is 298 g/mol. The van der Waals surface area contributed by atoms with Crippen LogP contribution in [0.5, 0.6) is 0 Å². The Balaban J connectivity index is 1.68. The van der Waals surface area contributed by atoms with Gasteiger partial charge in [0.15, 0.2) is 0 Å². The maximum atomic E-state index is 4.48. The van der Waals surface area contributed by atoms with Gasteiger partial charge in [-0.25, -0.2) is 19.9 Å². The minimum Gasteiger partial charge on any atom is -0.355 e. The van der Waals surface area contributed by atoms with E-state index in [1.54, 1.807) is 6.33 Å². The van der Waals surface area contributed by atoms with Crippen LogP contribution in [0.15, 0.2) is 24.8 Å². The molecule has 1 fully saturated rings. The Labute approximate surface area is 131 Å². The summed E-state index contributed by atoms with van der Waals surface area (Å²) in [5.41, 5.74) is 2.17. The molecule has 0 radical (unpaired) electrons. The predicted octanol–water partition coefficient (Wildman–Crippen LogP) is 1.85. The zero-order valence-electron chi connectivity index (χ0n) is 13.4. The largest absolute Gasteiger partial charge is 0.355 e. The van der Waals surface area contributed by atoms with Crippen LogP contribution < -0.4 is 9.80 Å². The molecule has 0 N–H and O–H groups in total. The molecule has 0 bridgehead atoms. The highest BCUT2D eigenvalue weighted by atomic mass is 15.3. The van der Waals surface area contributed by atoms with Gasteiger partial charge in [-0.2, -0.15) is 0 Å². The van der Waals surface area contributed by atoms with Gasteiger partial charge in [0, 0.05) is 50.3 Å². The van der Waals surface area contributed by atoms with Gasteiger partial charge in [0.05, 0.1) is 0 Å². The highest BCUT2D eigenvalue weighted by Gasteiger charge is 2.28. The van der Waals surface area contributed by atoms with Crippen LogP contribution >= 0.6 is 0 Å². The molecule has 0 amide bonds. The molecule has 0 spiro atoms. The van der Waals surface area contributed by atoms with E-state index in [1.165, 1.54) is 5.56 Å². The summed E-state index contributed by atoms with van der Waals surface area (Å²) in [7, 11) is 2.09. The number of aryl methyl sites for hydroxylation is 2. The molecule has 1 aliphatic rings. The lowest BCUT2D eigenvalue weighted by molar-refractivity contribution is 0.681. The van der Waals surface area contributed by atoms with Crippen LogP contribution in [-0.4, -0.2) is 46.1 Å². The highest BCUT2D eigenvalue weighted by Crippen LogP contribution is 2.22. The molecule has 1 atom stereocenters. The third kappa shape index (κ3) is 3.00. The van der Waals surface area contributed by atoms with Crippen molar-refractivity contribution in [3.05, 3.63) is 36.0 Å². The first-order valence-electron chi connectivity index (χ1n) is 7.74. The van der Waals surface area contributed by atoms with E-state index >= 15 is 0 Å². The molecule has 2 aromatic heterocycles. The van der Waals surface area contributed by atoms with Gasteiger partial charge in [0.25, 0.3) is 0 Å². The average Bonchev–Trinajstić information content (AvgIpc) is 3.04. The van der Waals surface area contributed by atoms with E-state index < -0.39 is 0 Å². The fourth-order valence-corrected chi connectivity index (χ4v) is 2.75. The number of anilines is 2. The lowest BCUT2D eigenvalue weighted by atomic mass is 10.2. The maximum Gasteiger partial charge on any atom is 0.225 e. The molecule has 6 heteroatoms. The molecule has 1 unspecified atom stereocenters. The van der Waals surface area contributed by atoms with Gasteiger partial charge in [-0.3, -0.25) is 0 Å². The molecule has 22 heavy (non-hydrogen) atoms. The van der Waals surface area contributed by atoms with Crippen molar-refractivity contribution in [1.82, 2.24) is 19.9 Å². The Morgan fingerprint density at radius 2 is 2.00 bits per heavy atom. The lowest BCUT2D eigenvalue weighted by Crippen LogP contribution is -2.35. The second-order valence-electron chi connectivity index (χ2n) is 5.76. The summed E-state index contributed by atoms with van der Waals surface area (Å²) >= 11 is 0. The summed E-state index contributed by atoms with van der Waals surface area (Å²) in [6.07, 6.45) is 7.53. The molecular formula is C16H22N6. The smallest absolute Gasteiger partial charge is 0.225 e. The van der Waals surface area contributed by atoms with Crippen LogP contribution in [0, 0.1) is 6.92 Å². The summed E-state index contributed by atoms with van der Waals surface area (Å²) in [5.74, 6) is 1.80. The van der Waals surface area contributed by atoms with Crippen LogP contribution in [-0.2, 0) is 6.42 Å². The fraction of sp³-hybridized carbons (Fsp3) is 0.500. The van der Waals surface area contributed by atoms with E-state index in [0.29, 0.717) is 6.04 Å². The Morgan fingerprint density at radius 3 is 2.68 bits per heavy atom. The minimum atomic E-state index is 0.420. The standard InChI is InChI=1S/C16H22N6/c1-4-13-8-17-16(18-9-13)22-6-5-14(10-22)21(3)15-7-12(2)19-11-20-15/h7-9,11,14H,4-6,10H2,1-3H3. The van der Waals surface area contributed by atoms with Crippen molar-refractivity contribution in [3.8, 4) is 0 Å². The predicted molar refractivity (Wildman–Crippen MR) is 87.2 cm³/mol. The Kier molecular flexibility index (Phi) is 4.18. The van der Waals surface area contributed by atoms with Crippen molar-refractivity contribution < 1.29 is 0 Å². The van der Waals surface area contributed by atoms with Gasteiger partial charge in [0.1, 0.15) is 12.1 Å². The third-order valence-corrected chi connectivity index (χ3v) is 4.24. The van der Waals surface area contributed by atoms with Crippen LogP contribution in [0.3, 0.4) is 0 Å². The van der Waals surface area contributed by atoms with E-state index in [4.69, 9.17) is 0 Å². The van der Waals surface area contributed by atoms with Crippen molar-refractivity contribution in [3.63, 3.8) is 0 Å². The summed E-state index contributed by atoms with van der Waals surface area (Å²) in [4.78, 5) is 22.0. The number of hydrogen-bond acceptors (Lipinski definition) is 6. The second-order valence-corrected chi connectivity index (χ2v) is 5.76. The van der Waals surface area contributed by atoms with Crippen molar-refractivity contribution in [2.75, 3.05) is 29.9 Å². The van der Waals surface area contributed by atoms with E-state index in [9.17, 15) is 0 Å². The first-order valence-corrected chi connectivity index (χ1v) is 7.74. The molecule has 6 nitrogen and oxygen atoms in total. The van der Waals surface area contributed by atoms with E-state index in [0.717, 1.165) is 43.4 Å². The fourth-order valence-electron chi connectivity index (χ4n) is 2.75. The molecule has 2 aromatic rings. The quantitative estimate of drug-likeness (QED) is 0.858. The molecule has 0 aliphatic carbocycles. The maximum absolute atomic E-state index is 4.48. The van der Waals surface area contributed by atoms with Gasteiger partial charge in [-0.15, -0.1) is 0 Å². The Bertz CT molecular complexity index is 627. The van der Waals surface area contributed by atoms with E-state index in [2.05, 4.69) is 43.7 Å². The number of aromatic nitrogens is 4. The summed E-state index contributed by atoms with van der Waals surface area (Å²) in [6.45, 7) is 6.00. The molecule has 116 valence electrons. The van der Waals surface area contributed by atoms with E-state index in [-0.39, 0.29) is 0 Å². The summed E-state index contributed by atoms with van der Waals surface area (Å²) in [6, 6.07) is 2.44. The van der Waals surface area contributed by atoms with Crippen molar-refractivity contribution in [1.29, 1.82) is 0 Å². The second kappa shape index (κ2) is 6.25. The topological polar surface area (TPSA) is 58.0 Å². The van der Waals surface area contributed by atoms with Crippen molar-refractivity contribution >= 4 is 11.8 Å². The van der Waals surface area contributed by atoms with Gasteiger partial charge < -0.3 is 9.80 Å². The molecule has 1 saturated heterocycles. The summed E-state index contributed by atoms with van der Waals surface area (Å²) in [5, 5.41) is 0. The van der Waals surface area contributed by atoms with Crippen molar-refractivity contribution in [2.24, 2.45) is 0 Å². The number of hydrogen-bond donors (Lipinski definition) is 0. The molecule has 0 saturated carbocycles. The number of likely N-dealkylation sites (N-methyl/N-ethyl adjacent to an activating group) is 1. The van der Waals surface area contributed by atoms with Gasteiger partial charge in [-0.1, -0.05) is 6.92 Å². The van der Waals surface area contributed by atoms with Gasteiger partial charge >= 0.3 is 0 Å². The zero-order valence-corrected chi connectivity index (χ0v) is 13.4. The minimum absolute atomic E-state index is 0.420. The van der Waals surface area contributed by atoms with Gasteiger partial charge in [0.2, 0.25) is 5.95 Å². The average molecular weight is 298 g/mol. The highest BCUT2D eigenvalue weighted by molar-refractivity contribution is 5.42. The number of nitrogens with zero attached hydrogens (tertiary/aromatic N) is 6. The molecule has 1 aliphatic heterocycles. The lowest BCUT2D eigenvalue weighted by Gasteiger charge is -2.25. The molecular weight excluding hydrogens is 276 g/mol. The van der Waals surface area contributed by atoms with E-state index in [1.807, 2.05) is 25.4 Å². The first-order chi connectivity index (χ1) is 10.7. The Morgan fingerprint density at radius 1 is 1.23 bits per heavy atom. The van der Waals surface area contributed by atoms with Crippen LogP contribution in [0.2, 0.25) is 0 Å². The first kappa shape index (κ1) is 14.7. The van der Waals surface area contributed by atoms with Crippen LogP contribution in [0.25, 0.3) is 0 Å². The summed E-state index contributed by atoms with van der Waals surface area (Å²) < 4.78 is 0. The SMILES string of the molecule is CCc1cnc(N2CCC(N(C)c3cc(C)ncn3)C2)nc1.